The lowest BCUT2D eigenvalue weighted by Gasteiger charge is -2.12. The molecule has 1 aromatic heterocycles. The molecule has 0 aromatic carbocycles. The van der Waals surface area contributed by atoms with E-state index in [9.17, 15) is 4.79 Å². The molecule has 2 N–H and O–H groups in total. The van der Waals surface area contributed by atoms with Gasteiger partial charge in [0.15, 0.2) is 5.82 Å². The highest BCUT2D eigenvalue weighted by molar-refractivity contribution is 5.85. The number of likely N-dealkylation sites (N-methyl/N-ethyl adjacent to an activating group) is 1. The van der Waals surface area contributed by atoms with Gasteiger partial charge in [-0.15, -0.1) is 12.4 Å². The van der Waals surface area contributed by atoms with Crippen molar-refractivity contribution in [3.8, 4) is 0 Å². The van der Waals surface area contributed by atoms with Crippen LogP contribution in [0.3, 0.4) is 0 Å². The van der Waals surface area contributed by atoms with Crippen molar-refractivity contribution in [3.63, 3.8) is 0 Å². The van der Waals surface area contributed by atoms with Gasteiger partial charge in [-0.3, -0.25) is 4.79 Å². The van der Waals surface area contributed by atoms with Crippen molar-refractivity contribution >= 4 is 18.3 Å². The van der Waals surface area contributed by atoms with Crippen LogP contribution in [0.15, 0.2) is 4.52 Å². The van der Waals surface area contributed by atoms with Gasteiger partial charge < -0.3 is 15.2 Å². The maximum Gasteiger partial charge on any atom is 0.226 e. The fourth-order valence-electron chi connectivity index (χ4n) is 1.84. The molecule has 22 heavy (non-hydrogen) atoms. The van der Waals surface area contributed by atoms with E-state index < -0.39 is 0 Å². The number of amides is 1. The molecule has 0 fully saturated rings. The summed E-state index contributed by atoms with van der Waals surface area (Å²) in [5.74, 6) is 1.38. The first-order valence-corrected chi connectivity index (χ1v) is 7.66. The molecule has 1 aromatic rings. The van der Waals surface area contributed by atoms with E-state index in [1.54, 1.807) is 0 Å². The Morgan fingerprint density at radius 3 is 2.59 bits per heavy atom. The Labute approximate surface area is 139 Å². The van der Waals surface area contributed by atoms with Crippen LogP contribution in [0.2, 0.25) is 0 Å². The van der Waals surface area contributed by atoms with Gasteiger partial charge in [0.2, 0.25) is 11.8 Å². The highest BCUT2D eigenvalue weighted by Gasteiger charge is 2.20. The lowest BCUT2D eigenvalue weighted by Crippen LogP contribution is -2.38. The van der Waals surface area contributed by atoms with Gasteiger partial charge in [0.05, 0.1) is 0 Å². The molecule has 0 saturated heterocycles. The summed E-state index contributed by atoms with van der Waals surface area (Å²) in [5, 5.41) is 10.1. The van der Waals surface area contributed by atoms with Crippen LogP contribution in [0.5, 0.6) is 0 Å². The van der Waals surface area contributed by atoms with Crippen molar-refractivity contribution in [1.82, 2.24) is 20.8 Å². The molecule has 0 aliphatic carbocycles. The third kappa shape index (κ3) is 7.75. The van der Waals surface area contributed by atoms with Gasteiger partial charge in [0.25, 0.3) is 0 Å². The standard InChI is InChI=1S/C15H28N4O2.ClH/c1-6-16-11(2)10-17-12(20)8-7-9-13-18-14(19-21-13)15(3,4)5;/h11,16H,6-10H2,1-5H3,(H,17,20);1H/t11-;/m1./s1. The lowest BCUT2D eigenvalue weighted by molar-refractivity contribution is -0.121. The Morgan fingerprint density at radius 1 is 1.36 bits per heavy atom. The van der Waals surface area contributed by atoms with Crippen molar-refractivity contribution in [3.05, 3.63) is 11.7 Å². The Hall–Kier alpha value is -1.14. The SMILES string of the molecule is CCN[C@H](C)CNC(=O)CCCc1nc(C(C)(C)C)no1.Cl. The first-order valence-electron chi connectivity index (χ1n) is 7.66. The van der Waals surface area contributed by atoms with Gasteiger partial charge in [0.1, 0.15) is 0 Å². The van der Waals surface area contributed by atoms with Crippen LogP contribution in [0, 0.1) is 0 Å². The van der Waals surface area contributed by atoms with Gasteiger partial charge >= 0.3 is 0 Å². The van der Waals surface area contributed by atoms with Crippen molar-refractivity contribution in [1.29, 1.82) is 0 Å². The van der Waals surface area contributed by atoms with Crippen LogP contribution < -0.4 is 10.6 Å². The maximum absolute atomic E-state index is 11.7. The van der Waals surface area contributed by atoms with Gasteiger partial charge in [-0.05, 0) is 19.9 Å². The molecule has 7 heteroatoms. The smallest absolute Gasteiger partial charge is 0.226 e. The Bertz CT molecular complexity index is 443. The number of hydrogen-bond donors (Lipinski definition) is 2. The molecule has 1 heterocycles. The number of aromatic nitrogens is 2. The number of aryl methyl sites for hydroxylation is 1. The van der Waals surface area contributed by atoms with E-state index in [1.165, 1.54) is 0 Å². The van der Waals surface area contributed by atoms with E-state index >= 15 is 0 Å². The zero-order valence-corrected chi connectivity index (χ0v) is 15.0. The molecule has 1 amide bonds. The average Bonchev–Trinajstić information content (AvgIpc) is 2.85. The van der Waals surface area contributed by atoms with Crippen molar-refractivity contribution in [2.45, 2.75) is 65.3 Å². The molecule has 0 aliphatic heterocycles. The molecular weight excluding hydrogens is 304 g/mol. The normalized spacial score (nSPS) is 12.6. The minimum atomic E-state index is -0.110. The van der Waals surface area contributed by atoms with Gasteiger partial charge in [-0.2, -0.15) is 4.98 Å². The third-order valence-electron chi connectivity index (χ3n) is 3.09. The lowest BCUT2D eigenvalue weighted by atomic mass is 9.96. The van der Waals surface area contributed by atoms with E-state index in [0.29, 0.717) is 43.6 Å². The molecule has 0 unspecified atom stereocenters. The number of carbonyl (C=O) groups is 1. The number of carbonyl (C=O) groups excluding carboxylic acids is 1. The monoisotopic (exact) mass is 332 g/mol. The molecule has 6 nitrogen and oxygen atoms in total. The van der Waals surface area contributed by atoms with Crippen LogP contribution in [0.4, 0.5) is 0 Å². The van der Waals surface area contributed by atoms with Crippen LogP contribution in [0.1, 0.15) is 59.2 Å². The van der Waals surface area contributed by atoms with Gasteiger partial charge in [0, 0.05) is 30.8 Å². The first-order chi connectivity index (χ1) is 9.82. The number of halogens is 1. The van der Waals surface area contributed by atoms with Crippen molar-refractivity contribution < 1.29 is 9.32 Å². The zero-order chi connectivity index (χ0) is 15.9. The zero-order valence-electron chi connectivity index (χ0n) is 14.2. The predicted octanol–water partition coefficient (Wildman–Crippen LogP) is 2.23. The number of rotatable bonds is 8. The number of hydrogen-bond acceptors (Lipinski definition) is 5. The Morgan fingerprint density at radius 2 is 2.05 bits per heavy atom. The van der Waals surface area contributed by atoms with Crippen molar-refractivity contribution in [2.24, 2.45) is 0 Å². The van der Waals surface area contributed by atoms with E-state index in [4.69, 9.17) is 4.52 Å². The molecule has 0 radical (unpaired) electrons. The molecule has 0 bridgehead atoms. The summed E-state index contributed by atoms with van der Waals surface area (Å²) in [4.78, 5) is 16.1. The van der Waals surface area contributed by atoms with E-state index in [0.717, 1.165) is 6.54 Å². The summed E-state index contributed by atoms with van der Waals surface area (Å²) in [6, 6.07) is 0.296. The average molecular weight is 333 g/mol. The molecule has 0 saturated carbocycles. The summed E-state index contributed by atoms with van der Waals surface area (Å²) in [7, 11) is 0. The van der Waals surface area contributed by atoms with E-state index in [2.05, 4.69) is 34.6 Å². The second-order valence-corrected chi connectivity index (χ2v) is 6.38. The summed E-state index contributed by atoms with van der Waals surface area (Å²) in [6.07, 6.45) is 1.83. The number of nitrogens with one attached hydrogen (secondary N) is 2. The molecule has 128 valence electrons. The number of nitrogens with zero attached hydrogens (tertiary/aromatic N) is 2. The van der Waals surface area contributed by atoms with Gasteiger partial charge in [-0.25, -0.2) is 0 Å². The topological polar surface area (TPSA) is 80.0 Å². The van der Waals surface area contributed by atoms with Gasteiger partial charge in [-0.1, -0.05) is 32.9 Å². The minimum absolute atomic E-state index is 0. The fraction of sp³-hybridized carbons (Fsp3) is 0.800. The second-order valence-electron chi connectivity index (χ2n) is 6.38. The molecule has 1 atom stereocenters. The summed E-state index contributed by atoms with van der Waals surface area (Å²) in [5.41, 5.74) is -0.110. The molecule has 1 rings (SSSR count). The Kier molecular flexibility index (Phi) is 9.28. The van der Waals surface area contributed by atoms with E-state index in [-0.39, 0.29) is 23.7 Å². The van der Waals surface area contributed by atoms with Crippen LogP contribution in [-0.4, -0.2) is 35.2 Å². The summed E-state index contributed by atoms with van der Waals surface area (Å²) >= 11 is 0. The van der Waals surface area contributed by atoms with Crippen LogP contribution >= 0.6 is 12.4 Å². The van der Waals surface area contributed by atoms with Crippen LogP contribution in [-0.2, 0) is 16.6 Å². The highest BCUT2D eigenvalue weighted by Crippen LogP contribution is 2.18. The minimum Gasteiger partial charge on any atom is -0.355 e. The maximum atomic E-state index is 11.7. The molecule has 0 spiro atoms. The largest absolute Gasteiger partial charge is 0.355 e. The molecular formula is C15H29ClN4O2. The van der Waals surface area contributed by atoms with Crippen molar-refractivity contribution in [2.75, 3.05) is 13.1 Å². The predicted molar refractivity (Wildman–Crippen MR) is 89.3 cm³/mol. The highest BCUT2D eigenvalue weighted by atomic mass is 35.5. The quantitative estimate of drug-likeness (QED) is 0.763. The second kappa shape index (κ2) is 9.79. The Balaban J connectivity index is 0.00000441. The summed E-state index contributed by atoms with van der Waals surface area (Å²) < 4.78 is 5.20. The first kappa shape index (κ1) is 20.9. The van der Waals surface area contributed by atoms with Crippen LogP contribution in [0.25, 0.3) is 0 Å². The third-order valence-corrected chi connectivity index (χ3v) is 3.09. The van der Waals surface area contributed by atoms with E-state index in [1.807, 2.05) is 20.8 Å². The fourth-order valence-corrected chi connectivity index (χ4v) is 1.84. The molecule has 0 aliphatic rings. The summed E-state index contributed by atoms with van der Waals surface area (Å²) in [6.45, 7) is 11.8.